The zero-order valence-electron chi connectivity index (χ0n) is 22.0. The second-order valence-electron chi connectivity index (χ2n) is 9.80. The highest BCUT2D eigenvalue weighted by Gasteiger charge is 2.35. The van der Waals surface area contributed by atoms with Gasteiger partial charge in [-0.1, -0.05) is 24.3 Å². The van der Waals surface area contributed by atoms with Gasteiger partial charge < -0.3 is 0 Å². The third-order valence-corrected chi connectivity index (χ3v) is 7.37. The number of hydrogen-bond acceptors (Lipinski definition) is 7. The zero-order chi connectivity index (χ0) is 30.7. The summed E-state index contributed by atoms with van der Waals surface area (Å²) >= 11 is 0. The van der Waals surface area contributed by atoms with Crippen molar-refractivity contribution >= 4 is 11.1 Å². The van der Waals surface area contributed by atoms with Crippen molar-refractivity contribution in [3.63, 3.8) is 0 Å². The topological polar surface area (TPSA) is 123 Å². The number of nitrogens with zero attached hydrogens (tertiary/aromatic N) is 7. The quantitative estimate of drug-likeness (QED) is 0.123. The third kappa shape index (κ3) is 4.02. The van der Waals surface area contributed by atoms with Gasteiger partial charge in [0.2, 0.25) is 23.8 Å². The molecule has 2 aliphatic rings. The van der Waals surface area contributed by atoms with Crippen LogP contribution < -0.4 is 0 Å². The van der Waals surface area contributed by atoms with E-state index in [0.717, 1.165) is 24.3 Å². The maximum absolute atomic E-state index is 13.9. The largest absolute Gasteiger partial charge is 0.243 e. The van der Waals surface area contributed by atoms with Crippen LogP contribution in [-0.2, 0) is 0 Å². The van der Waals surface area contributed by atoms with E-state index >= 15 is 0 Å². The van der Waals surface area contributed by atoms with E-state index in [1.807, 2.05) is 18.2 Å². The Balaban J connectivity index is 1.44. The highest BCUT2D eigenvalue weighted by atomic mass is 19.1. The number of allylic oxidation sites excluding steroid dienone is 2. The molecule has 11 heteroatoms. The molecule has 0 amide bonds. The molecule has 2 aromatic carbocycles. The summed E-state index contributed by atoms with van der Waals surface area (Å²) in [7, 11) is 0. The van der Waals surface area contributed by atoms with Crippen molar-refractivity contribution in [2.75, 3.05) is 0 Å². The standard InChI is InChI=1S/C33H11F4N7/c34-25-9-17(10-26(35)41-25)15-1-3-20-23(7-15)22(5-6-38)31-30(20)44-33-29(19(13-39)14-40)24-8-16(2-4-21(24)32(33)43-31)18-11-27(36)42-28(37)12-18/h1-5,7-12H. The SMILES string of the molecule is N#CC=C1c2cc(-c3cc(F)nc(F)c3)ccc2-c2nc3c(nc21)-c1ccc(-c2cc(F)nc(F)c2)cc1C3=C(C#N)C#N. The fraction of sp³-hybridized carbons (Fsp3) is 0. The fourth-order valence-electron chi connectivity index (χ4n) is 5.58. The van der Waals surface area contributed by atoms with Crippen molar-refractivity contribution in [2.45, 2.75) is 0 Å². The Morgan fingerprint density at radius 1 is 0.523 bits per heavy atom. The maximum Gasteiger partial charge on any atom is 0.216 e. The van der Waals surface area contributed by atoms with Crippen molar-refractivity contribution in [2.24, 2.45) is 0 Å². The molecule has 0 saturated heterocycles. The number of halogens is 4. The van der Waals surface area contributed by atoms with Crippen molar-refractivity contribution in [1.29, 1.82) is 15.8 Å². The Bertz CT molecular complexity index is 2260. The molecule has 0 fully saturated rings. The van der Waals surface area contributed by atoms with Gasteiger partial charge in [0.25, 0.3) is 0 Å². The van der Waals surface area contributed by atoms with Gasteiger partial charge in [0.05, 0.1) is 23.2 Å². The van der Waals surface area contributed by atoms with Crippen LogP contribution in [-0.4, -0.2) is 19.9 Å². The number of pyridine rings is 2. The molecule has 0 saturated carbocycles. The van der Waals surface area contributed by atoms with Gasteiger partial charge in [-0.15, -0.1) is 0 Å². The molecule has 0 aliphatic heterocycles. The van der Waals surface area contributed by atoms with E-state index in [1.165, 1.54) is 6.08 Å². The molecular weight excluding hydrogens is 570 g/mol. The number of fused-ring (bicyclic) bond motifs is 6. The fourth-order valence-corrected chi connectivity index (χ4v) is 5.58. The second-order valence-corrected chi connectivity index (χ2v) is 9.80. The molecule has 206 valence electrons. The molecule has 2 aliphatic carbocycles. The minimum atomic E-state index is -1.01. The molecule has 3 heterocycles. The summed E-state index contributed by atoms with van der Waals surface area (Å²) in [5.74, 6) is -3.98. The summed E-state index contributed by atoms with van der Waals surface area (Å²) in [6, 6.07) is 20.0. The molecule has 0 radical (unpaired) electrons. The Morgan fingerprint density at radius 3 is 1.52 bits per heavy atom. The lowest BCUT2D eigenvalue weighted by molar-refractivity contribution is 0.512. The zero-order valence-corrected chi connectivity index (χ0v) is 22.0. The molecule has 44 heavy (non-hydrogen) atoms. The van der Waals surface area contributed by atoms with E-state index in [-0.39, 0.29) is 28.0 Å². The molecule has 5 aromatic rings. The molecule has 0 spiro atoms. The van der Waals surface area contributed by atoms with Crippen LogP contribution in [0.25, 0.3) is 55.9 Å². The third-order valence-electron chi connectivity index (χ3n) is 7.37. The minimum absolute atomic E-state index is 0.199. The first-order chi connectivity index (χ1) is 21.3. The van der Waals surface area contributed by atoms with Crippen LogP contribution in [0.2, 0.25) is 0 Å². The number of benzene rings is 2. The molecule has 0 bridgehead atoms. The van der Waals surface area contributed by atoms with Crippen LogP contribution in [0.1, 0.15) is 22.5 Å². The van der Waals surface area contributed by atoms with E-state index in [2.05, 4.69) is 9.97 Å². The van der Waals surface area contributed by atoms with Gasteiger partial charge in [-0.2, -0.15) is 43.3 Å². The van der Waals surface area contributed by atoms with Gasteiger partial charge in [-0.25, -0.2) is 9.97 Å². The molecule has 0 unspecified atom stereocenters. The van der Waals surface area contributed by atoms with Gasteiger partial charge in [0.1, 0.15) is 23.4 Å². The normalized spacial score (nSPS) is 12.9. The van der Waals surface area contributed by atoms with E-state index in [0.29, 0.717) is 56.0 Å². The van der Waals surface area contributed by atoms with Crippen molar-refractivity contribution in [3.8, 4) is 63.0 Å². The van der Waals surface area contributed by atoms with Crippen LogP contribution in [0.3, 0.4) is 0 Å². The lowest BCUT2D eigenvalue weighted by Gasteiger charge is -2.07. The predicted molar refractivity (Wildman–Crippen MR) is 149 cm³/mol. The highest BCUT2D eigenvalue weighted by Crippen LogP contribution is 2.50. The molecule has 7 rings (SSSR count). The van der Waals surface area contributed by atoms with Crippen LogP contribution >= 0.6 is 0 Å². The van der Waals surface area contributed by atoms with Crippen molar-refractivity contribution in [3.05, 3.63) is 119 Å². The maximum atomic E-state index is 13.9. The molecular formula is C33H11F4N7. The number of hydrogen-bond donors (Lipinski definition) is 0. The first kappa shape index (κ1) is 26.4. The Kier molecular flexibility index (Phi) is 5.88. The first-order valence-electron chi connectivity index (χ1n) is 12.8. The number of nitriles is 3. The van der Waals surface area contributed by atoms with E-state index in [1.54, 1.807) is 36.4 Å². The Hall–Kier alpha value is -6.51. The summed E-state index contributed by atoms with van der Waals surface area (Å²) in [5, 5.41) is 29.3. The monoisotopic (exact) mass is 581 g/mol. The predicted octanol–water partition coefficient (Wildman–Crippen LogP) is 6.92. The average molecular weight is 581 g/mol. The van der Waals surface area contributed by atoms with Crippen LogP contribution in [0, 0.1) is 57.8 Å². The summed E-state index contributed by atoms with van der Waals surface area (Å²) in [5.41, 5.74) is 5.05. The second kappa shape index (κ2) is 9.80. The van der Waals surface area contributed by atoms with E-state index in [9.17, 15) is 33.3 Å². The Labute approximate surface area is 246 Å². The van der Waals surface area contributed by atoms with Gasteiger partial charge in [-0.3, -0.25) is 0 Å². The van der Waals surface area contributed by atoms with Gasteiger partial charge in [0, 0.05) is 52.6 Å². The summed E-state index contributed by atoms with van der Waals surface area (Å²) in [4.78, 5) is 16.0. The van der Waals surface area contributed by atoms with E-state index < -0.39 is 23.8 Å². The van der Waals surface area contributed by atoms with Gasteiger partial charge in [-0.05, 0) is 45.5 Å². The van der Waals surface area contributed by atoms with Crippen LogP contribution in [0.5, 0.6) is 0 Å². The van der Waals surface area contributed by atoms with E-state index in [4.69, 9.17) is 9.97 Å². The first-order valence-corrected chi connectivity index (χ1v) is 12.8. The average Bonchev–Trinajstić information content (AvgIpc) is 3.47. The lowest BCUT2D eigenvalue weighted by atomic mass is 9.96. The van der Waals surface area contributed by atoms with Gasteiger partial charge in [0.15, 0.2) is 0 Å². The minimum Gasteiger partial charge on any atom is -0.243 e. The van der Waals surface area contributed by atoms with Crippen LogP contribution in [0.4, 0.5) is 17.6 Å². The highest BCUT2D eigenvalue weighted by molar-refractivity contribution is 6.06. The number of aromatic nitrogens is 4. The summed E-state index contributed by atoms with van der Waals surface area (Å²) in [6.45, 7) is 0. The molecule has 7 nitrogen and oxygen atoms in total. The van der Waals surface area contributed by atoms with Crippen molar-refractivity contribution in [1.82, 2.24) is 19.9 Å². The van der Waals surface area contributed by atoms with Gasteiger partial charge >= 0.3 is 0 Å². The molecule has 0 atom stereocenters. The van der Waals surface area contributed by atoms with Crippen molar-refractivity contribution < 1.29 is 17.6 Å². The number of rotatable bonds is 2. The lowest BCUT2D eigenvalue weighted by Crippen LogP contribution is -1.98. The summed E-state index contributed by atoms with van der Waals surface area (Å²) in [6.07, 6.45) is 1.29. The van der Waals surface area contributed by atoms with Crippen LogP contribution in [0.15, 0.2) is 72.3 Å². The Morgan fingerprint density at radius 2 is 1.00 bits per heavy atom. The molecule has 3 aromatic heterocycles. The smallest absolute Gasteiger partial charge is 0.216 e. The summed E-state index contributed by atoms with van der Waals surface area (Å²) < 4.78 is 55.5. The molecule has 0 N–H and O–H groups in total.